The largest absolute Gasteiger partial charge is 0.508 e. The molecule has 3 heterocycles. The molecular weight excluding hydrogens is 366 g/mol. The molecule has 2 aromatic rings. The van der Waals surface area contributed by atoms with E-state index in [1.807, 2.05) is 23.1 Å². The molecule has 0 radical (unpaired) electrons. The van der Waals surface area contributed by atoms with Gasteiger partial charge in [-0.1, -0.05) is 48.0 Å². The Morgan fingerprint density at radius 3 is 2.59 bits per heavy atom. The number of benzene rings is 2. The van der Waals surface area contributed by atoms with Crippen LogP contribution < -0.4 is 10.9 Å². The number of rotatable bonds is 4. The average molecular weight is 393 g/mol. The van der Waals surface area contributed by atoms with Crippen molar-refractivity contribution in [2.45, 2.75) is 44.0 Å². The van der Waals surface area contributed by atoms with Crippen molar-refractivity contribution in [3.63, 3.8) is 0 Å². The van der Waals surface area contributed by atoms with E-state index in [1.165, 1.54) is 5.56 Å². The molecule has 0 spiro atoms. The summed E-state index contributed by atoms with van der Waals surface area (Å²) in [5.74, 6) is 0.321. The van der Waals surface area contributed by atoms with E-state index in [2.05, 4.69) is 42.0 Å². The Bertz CT molecular complexity index is 894. The van der Waals surface area contributed by atoms with Gasteiger partial charge in [-0.15, -0.1) is 0 Å². The summed E-state index contributed by atoms with van der Waals surface area (Å²) in [5, 5.41) is 10.5. The molecule has 6 heteroatoms. The van der Waals surface area contributed by atoms with Crippen molar-refractivity contribution in [1.29, 1.82) is 0 Å². The second-order valence-corrected chi connectivity index (χ2v) is 8.36. The number of phenolic OH excluding ortho intramolecular Hbond substituents is 1. The fraction of sp³-hybridized carbons (Fsp3) is 0.435. The van der Waals surface area contributed by atoms with Crippen LogP contribution in [0.4, 0.5) is 0 Å². The summed E-state index contributed by atoms with van der Waals surface area (Å²) in [6.07, 6.45) is 2.14. The maximum Gasteiger partial charge on any atom is 0.242 e. The number of para-hydroxylation sites is 1. The zero-order chi connectivity index (χ0) is 20.0. The van der Waals surface area contributed by atoms with Crippen LogP contribution in [-0.4, -0.2) is 41.2 Å². The van der Waals surface area contributed by atoms with E-state index in [-0.39, 0.29) is 41.8 Å². The van der Waals surface area contributed by atoms with Crippen molar-refractivity contribution >= 4 is 5.91 Å². The highest BCUT2D eigenvalue weighted by Gasteiger charge is 2.56. The Labute approximate surface area is 170 Å². The molecule has 5 atom stereocenters. The Balaban J connectivity index is 1.54. The Morgan fingerprint density at radius 1 is 1.10 bits per heavy atom. The Morgan fingerprint density at radius 2 is 1.86 bits per heavy atom. The summed E-state index contributed by atoms with van der Waals surface area (Å²) in [6, 6.07) is 15.2. The van der Waals surface area contributed by atoms with Gasteiger partial charge in [0.2, 0.25) is 5.91 Å². The number of hydrogen-bond acceptors (Lipinski definition) is 5. The minimum Gasteiger partial charge on any atom is -0.508 e. The smallest absolute Gasteiger partial charge is 0.242 e. The van der Waals surface area contributed by atoms with Gasteiger partial charge in [0.25, 0.3) is 0 Å². The second-order valence-electron chi connectivity index (χ2n) is 8.36. The molecule has 5 rings (SSSR count). The van der Waals surface area contributed by atoms with Crippen LogP contribution in [0.1, 0.15) is 41.6 Å². The summed E-state index contributed by atoms with van der Waals surface area (Å²) >= 11 is 0. The lowest BCUT2D eigenvalue weighted by Crippen LogP contribution is -2.43. The van der Waals surface area contributed by atoms with Gasteiger partial charge < -0.3 is 14.7 Å². The van der Waals surface area contributed by atoms with Gasteiger partial charge in [-0.25, -0.2) is 10.9 Å². The molecule has 3 fully saturated rings. The molecule has 3 saturated heterocycles. The lowest BCUT2D eigenvalue weighted by molar-refractivity contribution is -0.132. The van der Waals surface area contributed by atoms with Gasteiger partial charge in [0, 0.05) is 24.6 Å². The fourth-order valence-corrected chi connectivity index (χ4v) is 5.09. The van der Waals surface area contributed by atoms with Gasteiger partial charge in [-0.3, -0.25) is 4.79 Å². The molecule has 0 bridgehead atoms. The summed E-state index contributed by atoms with van der Waals surface area (Å²) in [5.41, 5.74) is 9.64. The summed E-state index contributed by atoms with van der Waals surface area (Å²) < 4.78 is 5.85. The van der Waals surface area contributed by atoms with E-state index in [0.29, 0.717) is 6.54 Å². The molecule has 3 aliphatic heterocycles. The predicted molar refractivity (Wildman–Crippen MR) is 109 cm³/mol. The lowest BCUT2D eigenvalue weighted by atomic mass is 9.83. The van der Waals surface area contributed by atoms with E-state index in [4.69, 9.17) is 4.74 Å². The first-order valence-electron chi connectivity index (χ1n) is 10.4. The Hall–Kier alpha value is -2.41. The number of hydrazine groups is 1. The molecule has 0 aliphatic carbocycles. The number of carbonyl (C=O) groups excluding carboxylic acids is 1. The molecular formula is C23H27N3O3. The third-order valence-electron chi connectivity index (χ3n) is 6.53. The predicted octanol–water partition coefficient (Wildman–Crippen LogP) is 2.60. The standard InChI is InChI=1S/C23H27N3O3/c1-14-8-10-15(11-9-14)22-19-20(17-6-2-3-7-18(17)27)24-25-21(19)23(28)26(22)13-16-5-4-12-29-16/h2-3,6-11,16,19-22,24-25,27H,4-5,12-13H2,1H3. The normalized spacial score (nSPS) is 31.4. The number of nitrogens with zero attached hydrogens (tertiary/aromatic N) is 1. The van der Waals surface area contributed by atoms with Crippen LogP contribution in [0.15, 0.2) is 48.5 Å². The van der Waals surface area contributed by atoms with Gasteiger partial charge in [0.1, 0.15) is 11.8 Å². The van der Waals surface area contributed by atoms with Crippen molar-refractivity contribution in [3.8, 4) is 5.75 Å². The number of likely N-dealkylation sites (tertiary alicyclic amines) is 1. The maximum atomic E-state index is 13.4. The van der Waals surface area contributed by atoms with E-state index >= 15 is 0 Å². The lowest BCUT2D eigenvalue weighted by Gasteiger charge is -2.32. The van der Waals surface area contributed by atoms with Crippen LogP contribution >= 0.6 is 0 Å². The van der Waals surface area contributed by atoms with Gasteiger partial charge in [0.15, 0.2) is 0 Å². The number of phenols is 1. The van der Waals surface area contributed by atoms with Crippen molar-refractivity contribution in [2.75, 3.05) is 13.2 Å². The topological polar surface area (TPSA) is 73.8 Å². The van der Waals surface area contributed by atoms with E-state index < -0.39 is 0 Å². The zero-order valence-corrected chi connectivity index (χ0v) is 16.5. The molecule has 0 saturated carbocycles. The van der Waals surface area contributed by atoms with E-state index in [0.717, 1.165) is 30.6 Å². The van der Waals surface area contributed by atoms with Crippen LogP contribution in [0.25, 0.3) is 0 Å². The number of fused-ring (bicyclic) bond motifs is 1. The quantitative estimate of drug-likeness (QED) is 0.745. The van der Waals surface area contributed by atoms with Gasteiger partial charge in [-0.05, 0) is 31.4 Å². The molecule has 0 aromatic heterocycles. The number of aromatic hydroxyl groups is 1. The number of nitrogens with one attached hydrogen (secondary N) is 2. The first-order chi connectivity index (χ1) is 14.1. The van der Waals surface area contributed by atoms with Gasteiger partial charge >= 0.3 is 0 Å². The van der Waals surface area contributed by atoms with Crippen LogP contribution in [-0.2, 0) is 9.53 Å². The molecule has 2 aromatic carbocycles. The van der Waals surface area contributed by atoms with E-state index in [9.17, 15) is 9.90 Å². The average Bonchev–Trinajstić information content (AvgIpc) is 3.44. The highest BCUT2D eigenvalue weighted by Crippen LogP contribution is 2.48. The molecule has 6 nitrogen and oxygen atoms in total. The number of aryl methyl sites for hydroxylation is 1. The van der Waals surface area contributed by atoms with Crippen molar-refractivity contribution in [3.05, 3.63) is 65.2 Å². The first-order valence-corrected chi connectivity index (χ1v) is 10.4. The third-order valence-corrected chi connectivity index (χ3v) is 6.53. The highest BCUT2D eigenvalue weighted by atomic mass is 16.5. The fourth-order valence-electron chi connectivity index (χ4n) is 5.09. The minimum atomic E-state index is -0.327. The number of ether oxygens (including phenoxy) is 1. The number of amides is 1. The van der Waals surface area contributed by atoms with E-state index in [1.54, 1.807) is 6.07 Å². The first kappa shape index (κ1) is 18.6. The minimum absolute atomic E-state index is 0.0279. The molecule has 1 amide bonds. The van der Waals surface area contributed by atoms with Crippen LogP contribution in [0, 0.1) is 12.8 Å². The third kappa shape index (κ3) is 3.21. The summed E-state index contributed by atoms with van der Waals surface area (Å²) in [4.78, 5) is 15.4. The molecule has 3 N–H and O–H groups in total. The summed E-state index contributed by atoms with van der Waals surface area (Å²) in [7, 11) is 0. The molecule has 3 aliphatic rings. The zero-order valence-electron chi connectivity index (χ0n) is 16.5. The van der Waals surface area contributed by atoms with Crippen molar-refractivity contribution < 1.29 is 14.6 Å². The maximum absolute atomic E-state index is 13.4. The van der Waals surface area contributed by atoms with Crippen LogP contribution in [0.3, 0.4) is 0 Å². The molecule has 29 heavy (non-hydrogen) atoms. The number of carbonyl (C=O) groups is 1. The van der Waals surface area contributed by atoms with Crippen LogP contribution in [0.2, 0.25) is 0 Å². The monoisotopic (exact) mass is 393 g/mol. The second kappa shape index (κ2) is 7.44. The molecule has 152 valence electrons. The SMILES string of the molecule is Cc1ccc(C2C3C(NNC3c3ccccc3O)C(=O)N2CC2CCCO2)cc1. The van der Waals surface area contributed by atoms with Crippen molar-refractivity contribution in [1.82, 2.24) is 15.8 Å². The summed E-state index contributed by atoms with van der Waals surface area (Å²) in [6.45, 7) is 3.45. The van der Waals surface area contributed by atoms with Gasteiger partial charge in [0.05, 0.1) is 18.2 Å². The van der Waals surface area contributed by atoms with Gasteiger partial charge in [-0.2, -0.15) is 0 Å². The highest BCUT2D eigenvalue weighted by molar-refractivity contribution is 5.86. The Kier molecular flexibility index (Phi) is 4.78. The van der Waals surface area contributed by atoms with Crippen LogP contribution in [0.5, 0.6) is 5.75 Å². The van der Waals surface area contributed by atoms with Crippen molar-refractivity contribution in [2.24, 2.45) is 5.92 Å². The number of hydrogen-bond donors (Lipinski definition) is 3. The molecule has 5 unspecified atom stereocenters.